The van der Waals surface area contributed by atoms with E-state index in [-0.39, 0.29) is 5.41 Å². The largest absolute Gasteiger partial charge is 0.370 e. The Hall–Kier alpha value is -0.770. The summed E-state index contributed by atoms with van der Waals surface area (Å²) in [5, 5.41) is 3.19. The monoisotopic (exact) mass is 212 g/mol. The molecule has 0 radical (unpaired) electrons. The van der Waals surface area contributed by atoms with E-state index in [1.54, 1.807) is 0 Å². The van der Waals surface area contributed by atoms with Crippen LogP contribution in [0.1, 0.15) is 26.7 Å². The minimum Gasteiger partial charge on any atom is -0.370 e. The van der Waals surface area contributed by atoms with E-state index in [1.807, 2.05) is 0 Å². The Labute approximate surface area is 92.9 Å². The molecule has 0 aliphatic heterocycles. The summed E-state index contributed by atoms with van der Waals surface area (Å²) >= 11 is 0. The number of nitrogens with two attached hydrogens (primary N) is 1. The van der Waals surface area contributed by atoms with E-state index in [4.69, 9.17) is 5.73 Å². The standard InChI is InChI=1S/C11H24N4/c1-11(2,8-15(3)4)7-13-10(12)14-9-5-6-9/h9H,5-8H2,1-4H3,(H3,12,13,14). The molecule has 0 atom stereocenters. The molecular formula is C11H24N4. The van der Waals surface area contributed by atoms with Gasteiger partial charge in [0.15, 0.2) is 5.96 Å². The van der Waals surface area contributed by atoms with Gasteiger partial charge in [0.05, 0.1) is 0 Å². The molecular weight excluding hydrogens is 188 g/mol. The Morgan fingerprint density at radius 3 is 2.53 bits per heavy atom. The highest BCUT2D eigenvalue weighted by molar-refractivity contribution is 5.78. The van der Waals surface area contributed by atoms with Crippen molar-refractivity contribution >= 4 is 5.96 Å². The van der Waals surface area contributed by atoms with Crippen molar-refractivity contribution in [1.82, 2.24) is 10.2 Å². The van der Waals surface area contributed by atoms with Gasteiger partial charge in [0.25, 0.3) is 0 Å². The number of nitrogens with zero attached hydrogens (tertiary/aromatic N) is 2. The van der Waals surface area contributed by atoms with Gasteiger partial charge in [-0.15, -0.1) is 0 Å². The zero-order valence-corrected chi connectivity index (χ0v) is 10.4. The lowest BCUT2D eigenvalue weighted by Crippen LogP contribution is -2.36. The zero-order valence-electron chi connectivity index (χ0n) is 10.4. The Kier molecular flexibility index (Phi) is 3.97. The van der Waals surface area contributed by atoms with Crippen LogP contribution in [0.15, 0.2) is 4.99 Å². The molecule has 1 aliphatic carbocycles. The van der Waals surface area contributed by atoms with Crippen LogP contribution in [0.4, 0.5) is 0 Å². The predicted octanol–water partition coefficient (Wildman–Crippen LogP) is 0.641. The minimum absolute atomic E-state index is 0.180. The highest BCUT2D eigenvalue weighted by atomic mass is 15.1. The van der Waals surface area contributed by atoms with Gasteiger partial charge in [-0.05, 0) is 32.4 Å². The predicted molar refractivity (Wildman–Crippen MR) is 65.0 cm³/mol. The molecule has 0 aromatic heterocycles. The maximum absolute atomic E-state index is 5.78. The lowest BCUT2D eigenvalue weighted by molar-refractivity contribution is 0.249. The molecule has 4 nitrogen and oxygen atoms in total. The summed E-state index contributed by atoms with van der Waals surface area (Å²) in [5.74, 6) is 0.601. The third kappa shape index (κ3) is 5.62. The first-order valence-electron chi connectivity index (χ1n) is 5.60. The number of guanidine groups is 1. The number of aliphatic imine (C=N–C) groups is 1. The smallest absolute Gasteiger partial charge is 0.188 e. The summed E-state index contributed by atoms with van der Waals surface area (Å²) in [4.78, 5) is 6.57. The lowest BCUT2D eigenvalue weighted by Gasteiger charge is -2.26. The van der Waals surface area contributed by atoms with Gasteiger partial charge in [-0.2, -0.15) is 0 Å². The van der Waals surface area contributed by atoms with Crippen molar-refractivity contribution < 1.29 is 0 Å². The first-order chi connectivity index (χ1) is 6.89. The van der Waals surface area contributed by atoms with E-state index in [0.717, 1.165) is 13.1 Å². The summed E-state index contributed by atoms with van der Waals surface area (Å²) in [6.45, 7) is 6.21. The highest BCUT2D eigenvalue weighted by Crippen LogP contribution is 2.19. The Bertz CT molecular complexity index is 229. The van der Waals surface area contributed by atoms with Crippen LogP contribution in [0.25, 0.3) is 0 Å². The average Bonchev–Trinajstić information content (AvgIpc) is 2.82. The maximum atomic E-state index is 5.78. The van der Waals surface area contributed by atoms with Crippen molar-refractivity contribution in [3.05, 3.63) is 0 Å². The molecule has 0 amide bonds. The fourth-order valence-corrected chi connectivity index (χ4v) is 1.69. The van der Waals surface area contributed by atoms with Crippen LogP contribution in [0.3, 0.4) is 0 Å². The van der Waals surface area contributed by atoms with Crippen molar-refractivity contribution in [2.24, 2.45) is 16.1 Å². The molecule has 1 aliphatic rings. The Morgan fingerprint density at radius 2 is 2.07 bits per heavy atom. The molecule has 0 aromatic carbocycles. The van der Waals surface area contributed by atoms with Crippen molar-refractivity contribution in [2.45, 2.75) is 32.7 Å². The first-order valence-corrected chi connectivity index (χ1v) is 5.60. The van der Waals surface area contributed by atoms with Crippen LogP contribution in [-0.4, -0.2) is 44.1 Å². The molecule has 0 bridgehead atoms. The molecule has 0 heterocycles. The third-order valence-corrected chi connectivity index (χ3v) is 2.35. The van der Waals surface area contributed by atoms with Gasteiger partial charge < -0.3 is 16.0 Å². The summed E-state index contributed by atoms with van der Waals surface area (Å²) in [6.07, 6.45) is 2.47. The molecule has 0 unspecified atom stereocenters. The van der Waals surface area contributed by atoms with Crippen LogP contribution in [-0.2, 0) is 0 Å². The van der Waals surface area contributed by atoms with E-state index in [9.17, 15) is 0 Å². The van der Waals surface area contributed by atoms with Gasteiger partial charge in [-0.3, -0.25) is 4.99 Å². The van der Waals surface area contributed by atoms with Gasteiger partial charge >= 0.3 is 0 Å². The molecule has 1 saturated carbocycles. The molecule has 3 N–H and O–H groups in total. The van der Waals surface area contributed by atoms with Gasteiger partial charge in [0, 0.05) is 19.1 Å². The van der Waals surface area contributed by atoms with E-state index < -0.39 is 0 Å². The number of rotatable bonds is 5. The van der Waals surface area contributed by atoms with Crippen LogP contribution >= 0.6 is 0 Å². The summed E-state index contributed by atoms with van der Waals surface area (Å²) in [5.41, 5.74) is 5.96. The van der Waals surface area contributed by atoms with E-state index >= 15 is 0 Å². The van der Waals surface area contributed by atoms with Crippen molar-refractivity contribution in [1.29, 1.82) is 0 Å². The number of nitrogens with one attached hydrogen (secondary N) is 1. The van der Waals surface area contributed by atoms with Gasteiger partial charge in [-0.1, -0.05) is 13.8 Å². The van der Waals surface area contributed by atoms with Crippen molar-refractivity contribution in [3.8, 4) is 0 Å². The SMILES string of the molecule is CN(C)CC(C)(C)CN=C(N)NC1CC1. The molecule has 0 spiro atoms. The number of hydrogen-bond donors (Lipinski definition) is 2. The maximum Gasteiger partial charge on any atom is 0.188 e. The van der Waals surface area contributed by atoms with Gasteiger partial charge in [-0.25, -0.2) is 0 Å². The minimum atomic E-state index is 0.180. The Morgan fingerprint density at radius 1 is 1.47 bits per heavy atom. The van der Waals surface area contributed by atoms with Gasteiger partial charge in [0.2, 0.25) is 0 Å². The highest BCUT2D eigenvalue weighted by Gasteiger charge is 2.22. The van der Waals surface area contributed by atoms with E-state index in [1.165, 1.54) is 12.8 Å². The average molecular weight is 212 g/mol. The quantitative estimate of drug-likeness (QED) is 0.519. The molecule has 4 heteroatoms. The van der Waals surface area contributed by atoms with Crippen LogP contribution in [0.5, 0.6) is 0 Å². The van der Waals surface area contributed by atoms with E-state index in [0.29, 0.717) is 12.0 Å². The first kappa shape index (κ1) is 12.3. The van der Waals surface area contributed by atoms with E-state index in [2.05, 4.69) is 43.2 Å². The van der Waals surface area contributed by atoms with Crippen LogP contribution in [0.2, 0.25) is 0 Å². The van der Waals surface area contributed by atoms with Gasteiger partial charge in [0.1, 0.15) is 0 Å². The van der Waals surface area contributed by atoms with Crippen LogP contribution in [0, 0.1) is 5.41 Å². The van der Waals surface area contributed by atoms with Crippen molar-refractivity contribution in [2.75, 3.05) is 27.2 Å². The molecule has 1 fully saturated rings. The topological polar surface area (TPSA) is 53.6 Å². The second-order valence-electron chi connectivity index (χ2n) is 5.52. The fraction of sp³-hybridized carbons (Fsp3) is 0.909. The summed E-state index contributed by atoms with van der Waals surface area (Å²) in [6, 6.07) is 0.589. The Balaban J connectivity index is 2.31. The van der Waals surface area contributed by atoms with Crippen molar-refractivity contribution in [3.63, 3.8) is 0 Å². The van der Waals surface area contributed by atoms with Crippen LogP contribution < -0.4 is 11.1 Å². The molecule has 15 heavy (non-hydrogen) atoms. The third-order valence-electron chi connectivity index (χ3n) is 2.35. The normalized spacial score (nSPS) is 18.3. The summed E-state index contributed by atoms with van der Waals surface area (Å²) in [7, 11) is 4.16. The molecule has 1 rings (SSSR count). The lowest BCUT2D eigenvalue weighted by atomic mass is 9.93. The number of hydrogen-bond acceptors (Lipinski definition) is 2. The molecule has 0 aromatic rings. The zero-order chi connectivity index (χ0) is 11.5. The second-order valence-corrected chi connectivity index (χ2v) is 5.52. The fourth-order valence-electron chi connectivity index (χ4n) is 1.69. The summed E-state index contributed by atoms with van der Waals surface area (Å²) < 4.78 is 0. The molecule has 88 valence electrons. The second kappa shape index (κ2) is 4.84. The molecule has 0 saturated heterocycles.